The van der Waals surface area contributed by atoms with E-state index in [0.29, 0.717) is 0 Å². The molecule has 2 aromatic rings. The molecule has 1 N–H and O–H groups in total. The lowest BCUT2D eigenvalue weighted by Crippen LogP contribution is -2.48. The summed E-state index contributed by atoms with van der Waals surface area (Å²) in [7, 11) is 1.73. The van der Waals surface area contributed by atoms with E-state index < -0.39 is 0 Å². The number of likely N-dealkylation sites (N-methyl/N-ethyl adjacent to an activating group) is 1. The summed E-state index contributed by atoms with van der Waals surface area (Å²) in [5.41, 5.74) is 5.09. The maximum absolute atomic E-state index is 12.1. The maximum Gasteiger partial charge on any atom is 0.237 e. The lowest BCUT2D eigenvalue weighted by Gasteiger charge is -2.34. The van der Waals surface area contributed by atoms with Gasteiger partial charge in [0.15, 0.2) is 0 Å². The largest absolute Gasteiger partial charge is 0.358 e. The fourth-order valence-electron chi connectivity index (χ4n) is 3.56. The third-order valence-corrected chi connectivity index (χ3v) is 4.96. The molecule has 0 bridgehead atoms. The van der Waals surface area contributed by atoms with E-state index in [0.717, 1.165) is 25.9 Å². The van der Waals surface area contributed by atoms with Gasteiger partial charge in [-0.1, -0.05) is 55.0 Å². The van der Waals surface area contributed by atoms with Gasteiger partial charge in [-0.3, -0.25) is 9.69 Å². The van der Waals surface area contributed by atoms with Crippen molar-refractivity contribution in [3.63, 3.8) is 0 Å². The highest BCUT2D eigenvalue weighted by Crippen LogP contribution is 2.25. The molecular formula is C21H26N2O. The lowest BCUT2D eigenvalue weighted by atomic mass is 9.98. The molecule has 2 aromatic carbocycles. The molecule has 0 aliphatic carbocycles. The lowest BCUT2D eigenvalue weighted by molar-refractivity contribution is -0.127. The van der Waals surface area contributed by atoms with Crippen molar-refractivity contribution in [2.24, 2.45) is 0 Å². The summed E-state index contributed by atoms with van der Waals surface area (Å²) >= 11 is 0. The number of benzene rings is 2. The SMILES string of the molecule is CNC(=O)[C@H]1CCCCN1Cc1ccc(-c2ccccc2C)cc1. The first-order chi connectivity index (χ1) is 11.7. The van der Waals surface area contributed by atoms with Crippen LogP contribution < -0.4 is 5.32 Å². The van der Waals surface area contributed by atoms with E-state index in [1.54, 1.807) is 7.05 Å². The second kappa shape index (κ2) is 7.63. The maximum atomic E-state index is 12.1. The van der Waals surface area contributed by atoms with Crippen LogP contribution in [-0.4, -0.2) is 30.4 Å². The first-order valence-electron chi connectivity index (χ1n) is 8.79. The molecule has 24 heavy (non-hydrogen) atoms. The minimum absolute atomic E-state index is 0.0137. The second-order valence-corrected chi connectivity index (χ2v) is 6.61. The van der Waals surface area contributed by atoms with Crippen molar-refractivity contribution >= 4 is 5.91 Å². The van der Waals surface area contributed by atoms with Gasteiger partial charge in [-0.2, -0.15) is 0 Å². The summed E-state index contributed by atoms with van der Waals surface area (Å²) in [5, 5.41) is 2.81. The van der Waals surface area contributed by atoms with E-state index in [1.807, 2.05) is 0 Å². The smallest absolute Gasteiger partial charge is 0.237 e. The van der Waals surface area contributed by atoms with Gasteiger partial charge in [0.05, 0.1) is 6.04 Å². The Hall–Kier alpha value is -2.13. The molecule has 1 saturated heterocycles. The molecule has 1 aliphatic heterocycles. The second-order valence-electron chi connectivity index (χ2n) is 6.61. The number of aryl methyl sites for hydroxylation is 1. The number of hydrogen-bond acceptors (Lipinski definition) is 2. The summed E-state index contributed by atoms with van der Waals surface area (Å²) in [6, 6.07) is 17.2. The molecule has 1 amide bonds. The predicted octanol–water partition coefficient (Wildman–Crippen LogP) is 3.76. The Bertz CT molecular complexity index is 693. The fourth-order valence-corrected chi connectivity index (χ4v) is 3.56. The number of carbonyl (C=O) groups is 1. The summed E-state index contributed by atoms with van der Waals surface area (Å²) in [4.78, 5) is 14.4. The van der Waals surface area contributed by atoms with Gasteiger partial charge in [-0.25, -0.2) is 0 Å². The minimum Gasteiger partial charge on any atom is -0.358 e. The van der Waals surface area contributed by atoms with Gasteiger partial charge >= 0.3 is 0 Å². The fraction of sp³-hybridized carbons (Fsp3) is 0.381. The zero-order valence-corrected chi connectivity index (χ0v) is 14.6. The Morgan fingerprint density at radius 3 is 2.58 bits per heavy atom. The Labute approximate surface area is 144 Å². The zero-order chi connectivity index (χ0) is 16.9. The molecule has 126 valence electrons. The third-order valence-electron chi connectivity index (χ3n) is 4.96. The van der Waals surface area contributed by atoms with Crippen molar-refractivity contribution in [3.05, 3.63) is 59.7 Å². The number of nitrogens with zero attached hydrogens (tertiary/aromatic N) is 1. The Kier molecular flexibility index (Phi) is 5.31. The van der Waals surface area contributed by atoms with Gasteiger partial charge in [-0.15, -0.1) is 0 Å². The highest BCUT2D eigenvalue weighted by atomic mass is 16.2. The topological polar surface area (TPSA) is 32.3 Å². The molecule has 3 nitrogen and oxygen atoms in total. The van der Waals surface area contributed by atoms with Crippen molar-refractivity contribution in [1.82, 2.24) is 10.2 Å². The molecule has 3 heteroatoms. The van der Waals surface area contributed by atoms with Crippen LogP contribution in [-0.2, 0) is 11.3 Å². The van der Waals surface area contributed by atoms with Gasteiger partial charge in [-0.05, 0) is 48.6 Å². The predicted molar refractivity (Wildman–Crippen MR) is 98.7 cm³/mol. The van der Waals surface area contributed by atoms with E-state index >= 15 is 0 Å². The van der Waals surface area contributed by atoms with Crippen molar-refractivity contribution in [3.8, 4) is 11.1 Å². The highest BCUT2D eigenvalue weighted by molar-refractivity contribution is 5.81. The number of rotatable bonds is 4. The van der Waals surface area contributed by atoms with Crippen LogP contribution in [0, 0.1) is 6.92 Å². The van der Waals surface area contributed by atoms with Crippen LogP contribution in [0.25, 0.3) is 11.1 Å². The average Bonchev–Trinajstić information content (AvgIpc) is 2.63. The van der Waals surface area contributed by atoms with Crippen LogP contribution in [0.5, 0.6) is 0 Å². The van der Waals surface area contributed by atoms with Crippen LogP contribution in [0.15, 0.2) is 48.5 Å². The normalized spacial score (nSPS) is 18.3. The number of hydrogen-bond donors (Lipinski definition) is 1. The number of nitrogens with one attached hydrogen (secondary N) is 1. The van der Waals surface area contributed by atoms with Crippen molar-refractivity contribution in [2.45, 2.75) is 38.8 Å². The summed E-state index contributed by atoms with van der Waals surface area (Å²) in [5.74, 6) is 0.145. The zero-order valence-electron chi connectivity index (χ0n) is 14.6. The van der Waals surface area contributed by atoms with Gasteiger partial charge in [0.25, 0.3) is 0 Å². The molecule has 1 fully saturated rings. The van der Waals surface area contributed by atoms with Crippen molar-refractivity contribution in [2.75, 3.05) is 13.6 Å². The van der Waals surface area contributed by atoms with Crippen LogP contribution in [0.2, 0.25) is 0 Å². The van der Waals surface area contributed by atoms with E-state index in [9.17, 15) is 4.79 Å². The van der Waals surface area contributed by atoms with Crippen molar-refractivity contribution < 1.29 is 4.79 Å². The molecule has 1 heterocycles. The molecular weight excluding hydrogens is 296 g/mol. The standard InChI is InChI=1S/C21H26N2O/c1-16-7-3-4-8-19(16)18-12-10-17(11-13-18)15-23-14-6-5-9-20(23)21(24)22-2/h3-4,7-8,10-13,20H,5-6,9,14-15H2,1-2H3,(H,22,24)/t20-/m1/s1. The third kappa shape index (κ3) is 3.68. The van der Waals surface area contributed by atoms with E-state index in [1.165, 1.54) is 28.7 Å². The molecule has 3 rings (SSSR count). The monoisotopic (exact) mass is 322 g/mol. The average molecular weight is 322 g/mol. The molecule has 0 radical (unpaired) electrons. The number of likely N-dealkylation sites (tertiary alicyclic amines) is 1. The minimum atomic E-state index is 0.0137. The quantitative estimate of drug-likeness (QED) is 0.929. The van der Waals surface area contributed by atoms with Gasteiger partial charge in [0, 0.05) is 13.6 Å². The van der Waals surface area contributed by atoms with Crippen molar-refractivity contribution in [1.29, 1.82) is 0 Å². The Morgan fingerprint density at radius 1 is 1.12 bits per heavy atom. The molecule has 0 unspecified atom stereocenters. The van der Waals surface area contributed by atoms with Crippen LogP contribution in [0.4, 0.5) is 0 Å². The van der Waals surface area contributed by atoms with Crippen LogP contribution in [0.1, 0.15) is 30.4 Å². The molecule has 0 saturated carbocycles. The van der Waals surface area contributed by atoms with Gasteiger partial charge in [0.2, 0.25) is 5.91 Å². The first kappa shape index (κ1) is 16.7. The molecule has 0 spiro atoms. The first-order valence-corrected chi connectivity index (χ1v) is 8.79. The Balaban J connectivity index is 1.74. The molecule has 1 aliphatic rings. The molecule has 1 atom stereocenters. The van der Waals surface area contributed by atoms with E-state index in [4.69, 9.17) is 0 Å². The van der Waals surface area contributed by atoms with E-state index in [-0.39, 0.29) is 11.9 Å². The van der Waals surface area contributed by atoms with Crippen LogP contribution >= 0.6 is 0 Å². The Morgan fingerprint density at radius 2 is 1.88 bits per heavy atom. The summed E-state index contributed by atoms with van der Waals surface area (Å²) < 4.78 is 0. The van der Waals surface area contributed by atoms with Gasteiger partial charge < -0.3 is 5.32 Å². The number of piperidine rings is 1. The van der Waals surface area contributed by atoms with Gasteiger partial charge in [0.1, 0.15) is 0 Å². The summed E-state index contributed by atoms with van der Waals surface area (Å²) in [6.07, 6.45) is 3.27. The van der Waals surface area contributed by atoms with E-state index in [2.05, 4.69) is 65.7 Å². The summed E-state index contributed by atoms with van der Waals surface area (Å²) in [6.45, 7) is 3.98. The highest BCUT2D eigenvalue weighted by Gasteiger charge is 2.27. The number of carbonyl (C=O) groups excluding carboxylic acids is 1. The number of amides is 1. The molecule has 0 aromatic heterocycles. The van der Waals surface area contributed by atoms with Crippen LogP contribution in [0.3, 0.4) is 0 Å².